The quantitative estimate of drug-likeness (QED) is 0.893. The zero-order chi connectivity index (χ0) is 14.7. The molecule has 2 N–H and O–H groups in total. The molecule has 6 nitrogen and oxygen atoms in total. The topological polar surface area (TPSA) is 76.1 Å². The van der Waals surface area contributed by atoms with Crippen LogP contribution >= 0.6 is 0 Å². The number of aryl methyl sites for hydroxylation is 1. The number of amides is 1. The van der Waals surface area contributed by atoms with E-state index in [1.165, 1.54) is 0 Å². The van der Waals surface area contributed by atoms with Gasteiger partial charge >= 0.3 is 0 Å². The fraction of sp³-hybridized carbons (Fsp3) is 0.267. The number of benzene rings is 1. The van der Waals surface area contributed by atoms with E-state index in [-0.39, 0.29) is 5.91 Å². The summed E-state index contributed by atoms with van der Waals surface area (Å²) in [6, 6.07) is 5.49. The number of nitrogens with one attached hydrogen (secondary N) is 2. The Hall–Kier alpha value is -2.63. The Bertz CT molecular complexity index is 655. The summed E-state index contributed by atoms with van der Waals surface area (Å²) in [5.74, 6) is 0.425. The van der Waals surface area contributed by atoms with E-state index < -0.39 is 0 Å². The van der Waals surface area contributed by atoms with Gasteiger partial charge < -0.3 is 15.4 Å². The van der Waals surface area contributed by atoms with Gasteiger partial charge in [-0.05, 0) is 19.1 Å². The van der Waals surface area contributed by atoms with Crippen LogP contribution in [0.25, 0.3) is 0 Å². The third-order valence-corrected chi connectivity index (χ3v) is 3.19. The Morgan fingerprint density at radius 3 is 3.10 bits per heavy atom. The van der Waals surface area contributed by atoms with Gasteiger partial charge in [0, 0.05) is 12.7 Å². The molecule has 3 rings (SSSR count). The summed E-state index contributed by atoms with van der Waals surface area (Å²) in [5.41, 5.74) is 2.95. The molecule has 1 aromatic carbocycles. The third kappa shape index (κ3) is 2.94. The maximum absolute atomic E-state index is 12.3. The van der Waals surface area contributed by atoms with Crippen molar-refractivity contribution in [1.82, 2.24) is 15.3 Å². The molecule has 0 saturated carbocycles. The molecule has 1 aromatic heterocycles. The lowest BCUT2D eigenvalue weighted by Gasteiger charge is -2.21. The van der Waals surface area contributed by atoms with Gasteiger partial charge in [-0.15, -0.1) is 0 Å². The van der Waals surface area contributed by atoms with Gasteiger partial charge in [-0.25, -0.2) is 0 Å². The molecule has 0 spiro atoms. The van der Waals surface area contributed by atoms with E-state index in [2.05, 4.69) is 20.6 Å². The number of carbonyl (C=O) groups is 1. The number of anilines is 1. The number of aromatic nitrogens is 2. The summed E-state index contributed by atoms with van der Waals surface area (Å²) in [6.45, 7) is 3.51. The minimum absolute atomic E-state index is 0.182. The van der Waals surface area contributed by atoms with Crippen LogP contribution in [-0.2, 0) is 6.54 Å². The molecular formula is C15H16N4O2. The Morgan fingerprint density at radius 1 is 1.38 bits per heavy atom. The first-order valence-electron chi connectivity index (χ1n) is 6.79. The van der Waals surface area contributed by atoms with E-state index in [1.54, 1.807) is 18.5 Å². The fourth-order valence-electron chi connectivity index (χ4n) is 2.13. The highest BCUT2D eigenvalue weighted by Gasteiger charge is 2.18. The van der Waals surface area contributed by atoms with E-state index in [1.807, 2.05) is 19.1 Å². The Labute approximate surface area is 122 Å². The molecule has 2 heterocycles. The van der Waals surface area contributed by atoms with Crippen LogP contribution in [0.4, 0.5) is 5.69 Å². The predicted molar refractivity (Wildman–Crippen MR) is 78.4 cm³/mol. The lowest BCUT2D eigenvalue weighted by molar-refractivity contribution is 0.0946. The SMILES string of the molecule is Cc1cnc(CNC(=O)c2cccc3c2OCCN3)cn1. The lowest BCUT2D eigenvalue weighted by Crippen LogP contribution is -2.26. The minimum Gasteiger partial charge on any atom is -0.489 e. The van der Waals surface area contributed by atoms with Gasteiger partial charge in [-0.1, -0.05) is 6.07 Å². The summed E-state index contributed by atoms with van der Waals surface area (Å²) in [7, 11) is 0. The molecule has 1 aliphatic rings. The second-order valence-corrected chi connectivity index (χ2v) is 4.79. The highest BCUT2D eigenvalue weighted by atomic mass is 16.5. The van der Waals surface area contributed by atoms with E-state index in [0.717, 1.165) is 23.6 Å². The first-order chi connectivity index (χ1) is 10.2. The number of nitrogens with zero attached hydrogens (tertiary/aromatic N) is 2. The van der Waals surface area contributed by atoms with Crippen molar-refractivity contribution in [3.05, 3.63) is 47.5 Å². The molecule has 0 atom stereocenters. The fourth-order valence-corrected chi connectivity index (χ4v) is 2.13. The lowest BCUT2D eigenvalue weighted by atomic mass is 10.1. The summed E-state index contributed by atoms with van der Waals surface area (Å²) < 4.78 is 5.59. The largest absolute Gasteiger partial charge is 0.489 e. The molecule has 0 bridgehead atoms. The first-order valence-corrected chi connectivity index (χ1v) is 6.79. The highest BCUT2D eigenvalue weighted by Crippen LogP contribution is 2.31. The summed E-state index contributed by atoms with van der Waals surface area (Å²) in [5, 5.41) is 6.05. The Kier molecular flexibility index (Phi) is 3.68. The number of fused-ring (bicyclic) bond motifs is 1. The van der Waals surface area contributed by atoms with Crippen LogP contribution in [0.15, 0.2) is 30.6 Å². The number of para-hydroxylation sites is 1. The third-order valence-electron chi connectivity index (χ3n) is 3.19. The van der Waals surface area contributed by atoms with Gasteiger partial charge in [-0.2, -0.15) is 0 Å². The molecule has 2 aromatic rings. The molecule has 0 radical (unpaired) electrons. The molecule has 0 fully saturated rings. The van der Waals surface area contributed by atoms with Crippen LogP contribution in [0.5, 0.6) is 5.75 Å². The molecule has 0 saturated heterocycles. The van der Waals surface area contributed by atoms with Crippen molar-refractivity contribution >= 4 is 11.6 Å². The van der Waals surface area contributed by atoms with Crippen molar-refractivity contribution in [3.8, 4) is 5.75 Å². The summed E-state index contributed by atoms with van der Waals surface area (Å²) in [4.78, 5) is 20.7. The average Bonchev–Trinajstić information content (AvgIpc) is 2.53. The Balaban J connectivity index is 1.72. The van der Waals surface area contributed by atoms with Gasteiger partial charge in [-0.3, -0.25) is 14.8 Å². The number of hydrogen-bond donors (Lipinski definition) is 2. The number of carbonyl (C=O) groups excluding carboxylic acids is 1. The monoisotopic (exact) mass is 284 g/mol. The molecule has 6 heteroatoms. The van der Waals surface area contributed by atoms with Crippen LogP contribution in [0.1, 0.15) is 21.7 Å². The van der Waals surface area contributed by atoms with Crippen LogP contribution < -0.4 is 15.4 Å². The Morgan fingerprint density at radius 2 is 2.29 bits per heavy atom. The molecule has 108 valence electrons. The molecule has 0 unspecified atom stereocenters. The van der Waals surface area contributed by atoms with Crippen molar-refractivity contribution in [2.45, 2.75) is 13.5 Å². The highest BCUT2D eigenvalue weighted by molar-refractivity contribution is 5.98. The van der Waals surface area contributed by atoms with E-state index in [0.29, 0.717) is 24.5 Å². The van der Waals surface area contributed by atoms with Gasteiger partial charge in [0.15, 0.2) is 5.75 Å². The van der Waals surface area contributed by atoms with Crippen LogP contribution in [0, 0.1) is 6.92 Å². The summed E-state index contributed by atoms with van der Waals surface area (Å²) in [6.07, 6.45) is 3.34. The smallest absolute Gasteiger partial charge is 0.255 e. The molecule has 21 heavy (non-hydrogen) atoms. The van der Waals surface area contributed by atoms with Crippen molar-refractivity contribution < 1.29 is 9.53 Å². The minimum atomic E-state index is -0.182. The van der Waals surface area contributed by atoms with Crippen molar-refractivity contribution in [1.29, 1.82) is 0 Å². The molecule has 1 aliphatic heterocycles. The standard InChI is InChI=1S/C15H16N4O2/c1-10-7-18-11(8-17-10)9-19-15(20)12-3-2-4-13-14(12)21-6-5-16-13/h2-4,7-8,16H,5-6,9H2,1H3,(H,19,20). The van der Waals surface area contributed by atoms with Gasteiger partial charge in [0.2, 0.25) is 0 Å². The van der Waals surface area contributed by atoms with Crippen molar-refractivity contribution in [2.24, 2.45) is 0 Å². The molecule has 1 amide bonds. The van der Waals surface area contributed by atoms with E-state index >= 15 is 0 Å². The van der Waals surface area contributed by atoms with Crippen LogP contribution in [0.2, 0.25) is 0 Å². The van der Waals surface area contributed by atoms with Crippen LogP contribution in [-0.4, -0.2) is 29.0 Å². The molecule has 0 aliphatic carbocycles. The number of hydrogen-bond acceptors (Lipinski definition) is 5. The maximum atomic E-state index is 12.3. The molecular weight excluding hydrogens is 268 g/mol. The van der Waals surface area contributed by atoms with Crippen molar-refractivity contribution in [2.75, 3.05) is 18.5 Å². The zero-order valence-electron chi connectivity index (χ0n) is 11.7. The number of rotatable bonds is 3. The normalized spacial score (nSPS) is 12.8. The first kappa shape index (κ1) is 13.4. The van der Waals surface area contributed by atoms with Gasteiger partial charge in [0.1, 0.15) is 6.61 Å². The summed E-state index contributed by atoms with van der Waals surface area (Å²) >= 11 is 0. The average molecular weight is 284 g/mol. The van der Waals surface area contributed by atoms with E-state index in [9.17, 15) is 4.79 Å². The predicted octanol–water partition coefficient (Wildman–Crippen LogP) is 1.52. The van der Waals surface area contributed by atoms with Crippen molar-refractivity contribution in [3.63, 3.8) is 0 Å². The second-order valence-electron chi connectivity index (χ2n) is 4.79. The van der Waals surface area contributed by atoms with Gasteiger partial charge in [0.25, 0.3) is 5.91 Å². The number of ether oxygens (including phenoxy) is 1. The zero-order valence-corrected chi connectivity index (χ0v) is 11.7. The maximum Gasteiger partial charge on any atom is 0.255 e. The van der Waals surface area contributed by atoms with E-state index in [4.69, 9.17) is 4.74 Å². The second kappa shape index (κ2) is 5.78. The van der Waals surface area contributed by atoms with Gasteiger partial charge in [0.05, 0.1) is 35.4 Å². The van der Waals surface area contributed by atoms with Crippen LogP contribution in [0.3, 0.4) is 0 Å².